The number of nitrogens with one attached hydrogen (secondary N) is 1. The lowest BCUT2D eigenvalue weighted by atomic mass is 10.1. The molecule has 25 heavy (non-hydrogen) atoms. The topological polar surface area (TPSA) is 55.4 Å². The van der Waals surface area contributed by atoms with Crippen LogP contribution in [0.4, 0.5) is 8.78 Å². The molecule has 0 bridgehead atoms. The average molecular weight is 368 g/mol. The molecule has 1 atom stereocenters. The summed E-state index contributed by atoms with van der Waals surface area (Å²) in [6.45, 7) is 1.67. The Balaban J connectivity index is 1.84. The summed E-state index contributed by atoms with van der Waals surface area (Å²) in [4.78, 5) is 23.9. The molecule has 0 saturated heterocycles. The Morgan fingerprint density at radius 1 is 1.16 bits per heavy atom. The van der Waals surface area contributed by atoms with Crippen molar-refractivity contribution in [2.24, 2.45) is 0 Å². The fourth-order valence-electron chi connectivity index (χ4n) is 2.06. The maximum Gasteiger partial charge on any atom is 0.341 e. The second-order valence-electron chi connectivity index (χ2n) is 5.34. The van der Waals surface area contributed by atoms with Crippen LogP contribution in [0.15, 0.2) is 42.5 Å². The maximum atomic E-state index is 13.6. The number of halogens is 3. The standard InChI is InChI=1S/C18H16ClF2NO3/c1-11(25-18(24)15-10-13(19)4-7-16(15)21)17(23)22-9-8-12-2-5-14(20)6-3-12/h2-7,10-11H,8-9H2,1H3,(H,22,23)/t11-/m0/s1. The number of carbonyl (C=O) groups is 2. The predicted molar refractivity (Wildman–Crippen MR) is 89.4 cm³/mol. The molecular weight excluding hydrogens is 352 g/mol. The molecular formula is C18H16ClF2NO3. The Hall–Kier alpha value is -2.47. The zero-order valence-corrected chi connectivity index (χ0v) is 14.1. The molecule has 0 fully saturated rings. The minimum atomic E-state index is -1.10. The molecule has 0 spiro atoms. The third kappa shape index (κ3) is 5.53. The van der Waals surface area contributed by atoms with Gasteiger partial charge >= 0.3 is 5.97 Å². The van der Waals surface area contributed by atoms with Gasteiger partial charge in [-0.1, -0.05) is 23.7 Å². The van der Waals surface area contributed by atoms with E-state index < -0.39 is 23.8 Å². The molecule has 2 rings (SSSR count). The minimum Gasteiger partial charge on any atom is -0.449 e. The van der Waals surface area contributed by atoms with Crippen molar-refractivity contribution in [1.82, 2.24) is 5.32 Å². The molecule has 4 nitrogen and oxygen atoms in total. The number of hydrogen-bond acceptors (Lipinski definition) is 3. The number of hydrogen-bond donors (Lipinski definition) is 1. The molecule has 7 heteroatoms. The van der Waals surface area contributed by atoms with E-state index in [1.165, 1.54) is 25.1 Å². The third-order valence-corrected chi connectivity index (χ3v) is 3.66. The molecule has 2 aromatic rings. The van der Waals surface area contributed by atoms with Gasteiger partial charge in [0.15, 0.2) is 6.10 Å². The smallest absolute Gasteiger partial charge is 0.341 e. The van der Waals surface area contributed by atoms with Crippen molar-refractivity contribution >= 4 is 23.5 Å². The van der Waals surface area contributed by atoms with Crippen molar-refractivity contribution in [1.29, 1.82) is 0 Å². The Morgan fingerprint density at radius 2 is 1.84 bits per heavy atom. The Bertz CT molecular complexity index is 765. The quantitative estimate of drug-likeness (QED) is 0.795. The Labute approximate surface area is 148 Å². The maximum absolute atomic E-state index is 13.6. The summed E-state index contributed by atoms with van der Waals surface area (Å²) in [5.41, 5.74) is 0.519. The molecule has 0 heterocycles. The minimum absolute atomic E-state index is 0.185. The first-order valence-corrected chi connectivity index (χ1v) is 7.93. The highest BCUT2D eigenvalue weighted by Crippen LogP contribution is 2.16. The fourth-order valence-corrected chi connectivity index (χ4v) is 2.23. The number of carbonyl (C=O) groups excluding carboxylic acids is 2. The van der Waals surface area contributed by atoms with Crippen LogP contribution in [0.2, 0.25) is 5.02 Å². The molecule has 1 N–H and O–H groups in total. The summed E-state index contributed by atoms with van der Waals surface area (Å²) in [5, 5.41) is 2.78. The van der Waals surface area contributed by atoms with Gasteiger partial charge in [0.25, 0.3) is 5.91 Å². The van der Waals surface area contributed by atoms with Crippen molar-refractivity contribution in [3.05, 3.63) is 70.2 Å². The monoisotopic (exact) mass is 367 g/mol. The van der Waals surface area contributed by atoms with Crippen molar-refractivity contribution in [2.75, 3.05) is 6.54 Å². The van der Waals surface area contributed by atoms with Crippen LogP contribution in [0.3, 0.4) is 0 Å². The first-order chi connectivity index (χ1) is 11.9. The lowest BCUT2D eigenvalue weighted by Crippen LogP contribution is -2.37. The van der Waals surface area contributed by atoms with Gasteiger partial charge in [0.1, 0.15) is 11.6 Å². The van der Waals surface area contributed by atoms with Crippen LogP contribution in [0.5, 0.6) is 0 Å². The molecule has 0 radical (unpaired) electrons. The van der Waals surface area contributed by atoms with Gasteiger partial charge < -0.3 is 10.1 Å². The first-order valence-electron chi connectivity index (χ1n) is 7.55. The number of amides is 1. The van der Waals surface area contributed by atoms with E-state index in [0.717, 1.165) is 17.7 Å². The van der Waals surface area contributed by atoms with E-state index in [1.807, 2.05) is 0 Å². The molecule has 0 saturated carbocycles. The van der Waals surface area contributed by atoms with Gasteiger partial charge in [-0.15, -0.1) is 0 Å². The Kier molecular flexibility index (Phi) is 6.47. The van der Waals surface area contributed by atoms with Crippen LogP contribution in [0, 0.1) is 11.6 Å². The normalized spacial score (nSPS) is 11.7. The van der Waals surface area contributed by atoms with Gasteiger partial charge in [-0.3, -0.25) is 4.79 Å². The molecule has 0 aliphatic heterocycles. The SMILES string of the molecule is C[C@H](OC(=O)c1cc(Cl)ccc1F)C(=O)NCCc1ccc(F)cc1. The Morgan fingerprint density at radius 3 is 2.52 bits per heavy atom. The largest absolute Gasteiger partial charge is 0.449 e. The van der Waals surface area contributed by atoms with Gasteiger partial charge in [-0.25, -0.2) is 13.6 Å². The number of esters is 1. The van der Waals surface area contributed by atoms with Crippen LogP contribution in [0.1, 0.15) is 22.8 Å². The fraction of sp³-hybridized carbons (Fsp3) is 0.222. The highest BCUT2D eigenvalue weighted by atomic mass is 35.5. The average Bonchev–Trinajstić information content (AvgIpc) is 2.58. The number of benzene rings is 2. The zero-order valence-electron chi connectivity index (χ0n) is 13.4. The van der Waals surface area contributed by atoms with Crippen LogP contribution in [-0.2, 0) is 16.0 Å². The van der Waals surface area contributed by atoms with E-state index in [9.17, 15) is 18.4 Å². The summed E-state index contributed by atoms with van der Waals surface area (Å²) in [6.07, 6.45) is -0.602. The first kappa shape index (κ1) is 18.9. The van der Waals surface area contributed by atoms with E-state index in [1.54, 1.807) is 12.1 Å². The van der Waals surface area contributed by atoms with E-state index in [-0.39, 0.29) is 22.9 Å². The summed E-state index contributed by atoms with van der Waals surface area (Å²) in [5.74, 6) is -2.60. The molecule has 132 valence electrons. The summed E-state index contributed by atoms with van der Waals surface area (Å²) in [6, 6.07) is 9.39. The molecule has 0 aliphatic carbocycles. The molecule has 0 unspecified atom stereocenters. The van der Waals surface area contributed by atoms with Crippen LogP contribution in [-0.4, -0.2) is 24.5 Å². The van der Waals surface area contributed by atoms with Crippen molar-refractivity contribution in [3.63, 3.8) is 0 Å². The lowest BCUT2D eigenvalue weighted by molar-refractivity contribution is -0.129. The molecule has 0 aromatic heterocycles. The number of rotatable bonds is 6. The second kappa shape index (κ2) is 8.58. The van der Waals surface area contributed by atoms with Crippen LogP contribution >= 0.6 is 11.6 Å². The summed E-state index contributed by atoms with van der Waals surface area (Å²) < 4.78 is 31.4. The van der Waals surface area contributed by atoms with E-state index in [2.05, 4.69) is 5.32 Å². The highest BCUT2D eigenvalue weighted by Gasteiger charge is 2.21. The molecule has 0 aliphatic rings. The van der Waals surface area contributed by atoms with Gasteiger partial charge in [-0.05, 0) is 49.2 Å². The van der Waals surface area contributed by atoms with Gasteiger partial charge in [0.05, 0.1) is 5.56 Å². The number of ether oxygens (including phenoxy) is 1. The van der Waals surface area contributed by atoms with E-state index in [4.69, 9.17) is 16.3 Å². The van der Waals surface area contributed by atoms with Crippen molar-refractivity contribution in [3.8, 4) is 0 Å². The lowest BCUT2D eigenvalue weighted by Gasteiger charge is -2.14. The van der Waals surface area contributed by atoms with E-state index >= 15 is 0 Å². The molecule has 2 aromatic carbocycles. The highest BCUT2D eigenvalue weighted by molar-refractivity contribution is 6.30. The van der Waals surface area contributed by atoms with Crippen LogP contribution < -0.4 is 5.32 Å². The third-order valence-electron chi connectivity index (χ3n) is 3.43. The zero-order chi connectivity index (χ0) is 18.4. The predicted octanol–water partition coefficient (Wildman–Crippen LogP) is 3.52. The van der Waals surface area contributed by atoms with Crippen molar-refractivity contribution in [2.45, 2.75) is 19.4 Å². The summed E-state index contributed by atoms with van der Waals surface area (Å²) >= 11 is 5.72. The molecule has 1 amide bonds. The van der Waals surface area contributed by atoms with Gasteiger partial charge in [0.2, 0.25) is 0 Å². The second-order valence-corrected chi connectivity index (χ2v) is 5.78. The van der Waals surface area contributed by atoms with E-state index in [0.29, 0.717) is 6.42 Å². The van der Waals surface area contributed by atoms with Gasteiger partial charge in [0, 0.05) is 11.6 Å². The van der Waals surface area contributed by atoms with Crippen LogP contribution in [0.25, 0.3) is 0 Å². The van der Waals surface area contributed by atoms with Gasteiger partial charge in [-0.2, -0.15) is 0 Å². The summed E-state index contributed by atoms with van der Waals surface area (Å²) in [7, 11) is 0. The van der Waals surface area contributed by atoms with Crippen molar-refractivity contribution < 1.29 is 23.1 Å².